The smallest absolute Gasteiger partial charge is 0.129 e. The van der Waals surface area contributed by atoms with Crippen molar-refractivity contribution in [3.8, 4) is 0 Å². The molecule has 4 heteroatoms. The van der Waals surface area contributed by atoms with Crippen molar-refractivity contribution < 1.29 is 4.74 Å². The number of hydrogen-bond acceptors (Lipinski definition) is 4. The number of rotatable bonds is 3. The van der Waals surface area contributed by atoms with E-state index in [0.29, 0.717) is 0 Å². The average Bonchev–Trinajstić information content (AvgIpc) is 2.49. The monoisotopic (exact) mass is 255 g/mol. The average molecular weight is 255 g/mol. The Morgan fingerprint density at radius 2 is 2.16 bits per heavy atom. The van der Waals surface area contributed by atoms with Crippen molar-refractivity contribution in [2.24, 2.45) is 0 Å². The first kappa shape index (κ1) is 12.1. The predicted octanol–water partition coefficient (Wildman–Crippen LogP) is 2.59. The molecule has 1 aliphatic carbocycles. The van der Waals surface area contributed by atoms with Crippen LogP contribution in [0, 0.1) is 0 Å². The second-order valence-corrected chi connectivity index (χ2v) is 4.73. The molecule has 0 aliphatic heterocycles. The standard InChI is InChI=1S/C15H17N3O/c1-19-13-7-6-11-4-2-3-5-12(11)15(13)18-14-8-9-16-10-17-14/h2-5,8-10,13,15H,6-7H2,1H3,(H,16,17,18)/t13-,15+/m1/s1. The summed E-state index contributed by atoms with van der Waals surface area (Å²) in [6, 6.07) is 10.5. The van der Waals surface area contributed by atoms with E-state index in [4.69, 9.17) is 4.74 Å². The molecule has 0 saturated heterocycles. The van der Waals surface area contributed by atoms with Gasteiger partial charge in [0, 0.05) is 13.3 Å². The van der Waals surface area contributed by atoms with Gasteiger partial charge in [-0.25, -0.2) is 9.97 Å². The highest BCUT2D eigenvalue weighted by molar-refractivity contribution is 5.42. The Hall–Kier alpha value is -1.94. The lowest BCUT2D eigenvalue weighted by molar-refractivity contribution is 0.0735. The Balaban J connectivity index is 1.92. The zero-order valence-corrected chi connectivity index (χ0v) is 10.9. The van der Waals surface area contributed by atoms with E-state index < -0.39 is 0 Å². The van der Waals surface area contributed by atoms with E-state index in [2.05, 4.69) is 39.6 Å². The van der Waals surface area contributed by atoms with Crippen LogP contribution in [0.15, 0.2) is 42.9 Å². The third-order valence-electron chi connectivity index (χ3n) is 3.65. The molecule has 0 fully saturated rings. The molecule has 2 atom stereocenters. The predicted molar refractivity (Wildman–Crippen MR) is 74.0 cm³/mol. The molecule has 0 saturated carbocycles. The van der Waals surface area contributed by atoms with E-state index in [9.17, 15) is 0 Å². The fourth-order valence-electron chi connectivity index (χ4n) is 2.69. The van der Waals surface area contributed by atoms with Crippen molar-refractivity contribution in [1.82, 2.24) is 9.97 Å². The highest BCUT2D eigenvalue weighted by Crippen LogP contribution is 2.33. The number of anilines is 1. The Bertz CT molecular complexity index is 544. The second kappa shape index (κ2) is 5.36. The van der Waals surface area contributed by atoms with Crippen molar-refractivity contribution in [2.75, 3.05) is 12.4 Å². The summed E-state index contributed by atoms with van der Waals surface area (Å²) in [5.74, 6) is 0.832. The summed E-state index contributed by atoms with van der Waals surface area (Å²) in [4.78, 5) is 8.18. The van der Waals surface area contributed by atoms with E-state index in [1.54, 1.807) is 19.6 Å². The molecule has 0 spiro atoms. The minimum absolute atomic E-state index is 0.143. The van der Waals surface area contributed by atoms with Gasteiger partial charge in [0.25, 0.3) is 0 Å². The van der Waals surface area contributed by atoms with Crippen LogP contribution in [0.2, 0.25) is 0 Å². The lowest BCUT2D eigenvalue weighted by atomic mass is 9.85. The van der Waals surface area contributed by atoms with Crippen LogP contribution in [0.5, 0.6) is 0 Å². The number of aromatic nitrogens is 2. The lowest BCUT2D eigenvalue weighted by Crippen LogP contribution is -2.32. The first-order valence-electron chi connectivity index (χ1n) is 6.51. The van der Waals surface area contributed by atoms with Gasteiger partial charge in [-0.3, -0.25) is 0 Å². The summed E-state index contributed by atoms with van der Waals surface area (Å²) in [5.41, 5.74) is 2.70. The van der Waals surface area contributed by atoms with Gasteiger partial charge in [-0.1, -0.05) is 24.3 Å². The van der Waals surface area contributed by atoms with E-state index in [1.165, 1.54) is 11.1 Å². The summed E-state index contributed by atoms with van der Waals surface area (Å²) in [6.45, 7) is 0. The maximum atomic E-state index is 5.63. The summed E-state index contributed by atoms with van der Waals surface area (Å²) in [6.07, 6.45) is 5.56. The van der Waals surface area contributed by atoms with Crippen LogP contribution in [0.1, 0.15) is 23.6 Å². The highest BCUT2D eigenvalue weighted by atomic mass is 16.5. The third kappa shape index (κ3) is 2.44. The van der Waals surface area contributed by atoms with Crippen LogP contribution >= 0.6 is 0 Å². The van der Waals surface area contributed by atoms with Gasteiger partial charge >= 0.3 is 0 Å². The molecular weight excluding hydrogens is 238 g/mol. The molecule has 1 aliphatic rings. The zero-order valence-electron chi connectivity index (χ0n) is 10.9. The number of aryl methyl sites for hydroxylation is 1. The molecule has 1 aromatic heterocycles. The summed E-state index contributed by atoms with van der Waals surface area (Å²) in [7, 11) is 1.77. The number of nitrogens with zero attached hydrogens (tertiary/aromatic N) is 2. The number of nitrogens with one attached hydrogen (secondary N) is 1. The fraction of sp³-hybridized carbons (Fsp3) is 0.333. The molecule has 1 N–H and O–H groups in total. The van der Waals surface area contributed by atoms with Crippen molar-refractivity contribution >= 4 is 5.82 Å². The number of ether oxygens (including phenoxy) is 1. The number of benzene rings is 1. The van der Waals surface area contributed by atoms with Gasteiger partial charge in [-0.2, -0.15) is 0 Å². The Labute approximate surface area is 112 Å². The number of fused-ring (bicyclic) bond motifs is 1. The van der Waals surface area contributed by atoms with Crippen molar-refractivity contribution in [3.63, 3.8) is 0 Å². The van der Waals surface area contributed by atoms with E-state index >= 15 is 0 Å². The quantitative estimate of drug-likeness (QED) is 0.915. The molecule has 1 heterocycles. The van der Waals surface area contributed by atoms with Gasteiger partial charge in [0.15, 0.2) is 0 Å². The lowest BCUT2D eigenvalue weighted by Gasteiger charge is -2.33. The molecule has 1 aromatic carbocycles. The molecule has 19 heavy (non-hydrogen) atoms. The normalized spacial score (nSPS) is 21.7. The van der Waals surface area contributed by atoms with Crippen molar-refractivity contribution in [1.29, 1.82) is 0 Å². The van der Waals surface area contributed by atoms with Crippen LogP contribution in [0.25, 0.3) is 0 Å². The minimum atomic E-state index is 0.143. The summed E-state index contributed by atoms with van der Waals surface area (Å²) in [5, 5.41) is 3.46. The molecule has 0 bridgehead atoms. The van der Waals surface area contributed by atoms with Crippen molar-refractivity contribution in [2.45, 2.75) is 25.0 Å². The first-order valence-corrected chi connectivity index (χ1v) is 6.51. The van der Waals surface area contributed by atoms with E-state index in [-0.39, 0.29) is 12.1 Å². The SMILES string of the molecule is CO[C@@H]1CCc2ccccc2[C@@H]1Nc1ccncn1. The Morgan fingerprint density at radius 1 is 1.26 bits per heavy atom. The minimum Gasteiger partial charge on any atom is -0.379 e. The number of hydrogen-bond donors (Lipinski definition) is 1. The molecular formula is C15H17N3O. The van der Waals surface area contributed by atoms with Crippen molar-refractivity contribution in [3.05, 3.63) is 54.0 Å². The van der Waals surface area contributed by atoms with Crippen LogP contribution in [-0.2, 0) is 11.2 Å². The van der Waals surface area contributed by atoms with Gasteiger partial charge in [-0.05, 0) is 30.0 Å². The topological polar surface area (TPSA) is 47.0 Å². The fourth-order valence-corrected chi connectivity index (χ4v) is 2.69. The summed E-state index contributed by atoms with van der Waals surface area (Å²) < 4.78 is 5.63. The van der Waals surface area contributed by atoms with E-state index in [1.807, 2.05) is 6.07 Å². The molecule has 3 rings (SSSR count). The largest absolute Gasteiger partial charge is 0.379 e. The molecule has 0 amide bonds. The van der Waals surface area contributed by atoms with Gasteiger partial charge in [0.1, 0.15) is 12.1 Å². The molecule has 98 valence electrons. The molecule has 0 unspecified atom stereocenters. The molecule has 4 nitrogen and oxygen atoms in total. The highest BCUT2D eigenvalue weighted by Gasteiger charge is 2.29. The van der Waals surface area contributed by atoms with Crippen LogP contribution < -0.4 is 5.32 Å². The Morgan fingerprint density at radius 3 is 2.95 bits per heavy atom. The maximum absolute atomic E-state index is 5.63. The summed E-state index contributed by atoms with van der Waals surface area (Å²) >= 11 is 0. The van der Waals surface area contributed by atoms with E-state index in [0.717, 1.165) is 18.7 Å². The van der Waals surface area contributed by atoms with Crippen LogP contribution in [0.3, 0.4) is 0 Å². The van der Waals surface area contributed by atoms with Gasteiger partial charge in [0.05, 0.1) is 12.1 Å². The zero-order chi connectivity index (χ0) is 13.1. The van der Waals surface area contributed by atoms with Crippen LogP contribution in [0.4, 0.5) is 5.82 Å². The van der Waals surface area contributed by atoms with Gasteiger partial charge in [-0.15, -0.1) is 0 Å². The number of methoxy groups -OCH3 is 1. The molecule has 0 radical (unpaired) electrons. The van der Waals surface area contributed by atoms with Gasteiger partial charge < -0.3 is 10.1 Å². The maximum Gasteiger partial charge on any atom is 0.129 e. The van der Waals surface area contributed by atoms with Gasteiger partial charge in [0.2, 0.25) is 0 Å². The Kier molecular flexibility index (Phi) is 3.42. The second-order valence-electron chi connectivity index (χ2n) is 4.73. The van der Waals surface area contributed by atoms with Crippen LogP contribution in [-0.4, -0.2) is 23.2 Å². The molecule has 2 aromatic rings. The third-order valence-corrected chi connectivity index (χ3v) is 3.65. The first-order chi connectivity index (χ1) is 9.38.